The number of rotatable bonds is 3. The fourth-order valence-corrected chi connectivity index (χ4v) is 0.673. The van der Waals surface area contributed by atoms with Crippen LogP contribution in [0.25, 0.3) is 0 Å². The van der Waals surface area contributed by atoms with Crippen LogP contribution in [0.4, 0.5) is 0 Å². The maximum absolute atomic E-state index is 5.34. The Morgan fingerprint density at radius 3 is 2.42 bits per heavy atom. The molecule has 0 aliphatic heterocycles. The minimum Gasteiger partial charge on any atom is -0.379 e. The second kappa shape index (κ2) is 10.7. The van der Waals surface area contributed by atoms with Crippen LogP contribution in [0.1, 0.15) is 13.8 Å². The molecule has 0 spiro atoms. The molecule has 0 aromatic heterocycles. The molecule has 0 bridgehead atoms. The number of allylic oxidation sites excluding steroid dienone is 2. The standard InChI is InChI=1S/C7H12ClNS.C2H4/c1-6(3-4-8)5-9-7(2)10;1-2/h3-5,7,9-10H,1-2H3;1-2H2/b4-3+,6-5+;. The van der Waals surface area contributed by atoms with Crippen molar-refractivity contribution in [2.45, 2.75) is 19.2 Å². The minimum absolute atomic E-state index is 0.179. The predicted molar refractivity (Wildman–Crippen MR) is 61.6 cm³/mol. The molecule has 0 fully saturated rings. The first kappa shape index (κ1) is 14.2. The highest BCUT2D eigenvalue weighted by Gasteiger charge is 1.85. The van der Waals surface area contributed by atoms with Crippen molar-refractivity contribution in [2.24, 2.45) is 0 Å². The number of thiol groups is 1. The molecule has 0 aromatic rings. The van der Waals surface area contributed by atoms with Crippen LogP contribution in [0.3, 0.4) is 0 Å². The quantitative estimate of drug-likeness (QED) is 0.312. The fraction of sp³-hybridized carbons (Fsp3) is 0.333. The average Bonchev–Trinajstić information content (AvgIpc) is 2.05. The highest BCUT2D eigenvalue weighted by molar-refractivity contribution is 7.80. The van der Waals surface area contributed by atoms with Gasteiger partial charge < -0.3 is 5.32 Å². The molecule has 0 saturated heterocycles. The SMILES string of the molecule is C=C.CC(/C=C/Cl)=C\NC(C)S. The molecule has 1 nitrogen and oxygen atoms in total. The highest BCUT2D eigenvalue weighted by Crippen LogP contribution is 1.95. The van der Waals surface area contributed by atoms with E-state index in [4.69, 9.17) is 11.6 Å². The zero-order chi connectivity index (χ0) is 9.98. The number of halogens is 1. The Hall–Kier alpha value is -0.340. The zero-order valence-corrected chi connectivity index (χ0v) is 9.20. The van der Waals surface area contributed by atoms with Crippen molar-refractivity contribution in [1.29, 1.82) is 0 Å². The van der Waals surface area contributed by atoms with E-state index in [1.807, 2.05) is 26.1 Å². The normalized spacial score (nSPS) is 13.5. The van der Waals surface area contributed by atoms with Gasteiger partial charge in [0.05, 0.1) is 5.37 Å². The van der Waals surface area contributed by atoms with Gasteiger partial charge in [-0.2, -0.15) is 12.6 Å². The number of hydrogen-bond donors (Lipinski definition) is 2. The highest BCUT2D eigenvalue weighted by atomic mass is 35.5. The summed E-state index contributed by atoms with van der Waals surface area (Å²) in [6.07, 6.45) is 3.68. The summed E-state index contributed by atoms with van der Waals surface area (Å²) in [6.45, 7) is 9.92. The Morgan fingerprint density at radius 2 is 2.08 bits per heavy atom. The molecule has 0 aromatic carbocycles. The van der Waals surface area contributed by atoms with Crippen LogP contribution in [0.2, 0.25) is 0 Å². The summed E-state index contributed by atoms with van der Waals surface area (Å²) in [4.78, 5) is 0. The lowest BCUT2D eigenvalue weighted by molar-refractivity contribution is 0.856. The molecule has 0 aliphatic carbocycles. The average molecular weight is 206 g/mol. The lowest BCUT2D eigenvalue weighted by atomic mass is 10.3. The maximum Gasteiger partial charge on any atom is 0.0659 e. The third-order valence-electron chi connectivity index (χ3n) is 0.878. The van der Waals surface area contributed by atoms with Gasteiger partial charge in [0.25, 0.3) is 0 Å². The van der Waals surface area contributed by atoms with Crippen LogP contribution in [0.5, 0.6) is 0 Å². The minimum atomic E-state index is 0.179. The monoisotopic (exact) mass is 205 g/mol. The molecule has 1 unspecified atom stereocenters. The van der Waals surface area contributed by atoms with Crippen molar-refractivity contribution in [3.8, 4) is 0 Å². The fourth-order valence-electron chi connectivity index (χ4n) is 0.400. The van der Waals surface area contributed by atoms with Crippen molar-refractivity contribution in [3.63, 3.8) is 0 Å². The van der Waals surface area contributed by atoms with Gasteiger partial charge in [-0.15, -0.1) is 13.2 Å². The summed E-state index contributed by atoms with van der Waals surface area (Å²) < 4.78 is 0. The van der Waals surface area contributed by atoms with Gasteiger partial charge >= 0.3 is 0 Å². The van der Waals surface area contributed by atoms with E-state index in [1.54, 1.807) is 0 Å². The maximum atomic E-state index is 5.34. The van der Waals surface area contributed by atoms with E-state index < -0.39 is 0 Å². The van der Waals surface area contributed by atoms with Crippen LogP contribution in [-0.4, -0.2) is 5.37 Å². The summed E-state index contributed by atoms with van der Waals surface area (Å²) in [5.41, 5.74) is 2.56. The summed E-state index contributed by atoms with van der Waals surface area (Å²) >= 11 is 9.47. The molecule has 12 heavy (non-hydrogen) atoms. The van der Waals surface area contributed by atoms with Gasteiger partial charge in [-0.05, 0) is 25.5 Å². The van der Waals surface area contributed by atoms with Gasteiger partial charge in [0.15, 0.2) is 0 Å². The molecule has 1 N–H and O–H groups in total. The molecule has 3 heteroatoms. The summed E-state index contributed by atoms with van der Waals surface area (Å²) in [5, 5.41) is 3.20. The lowest BCUT2D eigenvalue weighted by Crippen LogP contribution is -2.13. The molecule has 1 atom stereocenters. The Kier molecular flexibility index (Phi) is 12.6. The first-order valence-corrected chi connectivity index (χ1v) is 4.49. The molecule has 0 saturated carbocycles. The zero-order valence-electron chi connectivity index (χ0n) is 7.55. The van der Waals surface area contributed by atoms with E-state index in [0.717, 1.165) is 5.57 Å². The van der Waals surface area contributed by atoms with Crippen molar-refractivity contribution in [2.75, 3.05) is 0 Å². The van der Waals surface area contributed by atoms with E-state index in [1.165, 1.54) is 5.54 Å². The smallest absolute Gasteiger partial charge is 0.0659 e. The molecule has 0 heterocycles. The summed E-state index contributed by atoms with van der Waals surface area (Å²) in [7, 11) is 0. The Labute approximate surface area is 85.6 Å². The first-order valence-electron chi connectivity index (χ1n) is 3.54. The van der Waals surface area contributed by atoms with E-state index in [9.17, 15) is 0 Å². The Bertz CT molecular complexity index is 153. The lowest BCUT2D eigenvalue weighted by Gasteiger charge is -2.02. The van der Waals surface area contributed by atoms with E-state index in [0.29, 0.717) is 0 Å². The Balaban J connectivity index is 0. The third kappa shape index (κ3) is 12.3. The summed E-state index contributed by atoms with van der Waals surface area (Å²) in [6, 6.07) is 0. The number of hydrogen-bond acceptors (Lipinski definition) is 2. The molecular formula is C9H16ClNS. The van der Waals surface area contributed by atoms with Gasteiger partial charge in [0, 0.05) is 11.7 Å². The molecule has 0 aliphatic rings. The largest absolute Gasteiger partial charge is 0.379 e. The topological polar surface area (TPSA) is 12.0 Å². The van der Waals surface area contributed by atoms with E-state index in [-0.39, 0.29) is 5.37 Å². The van der Waals surface area contributed by atoms with Gasteiger partial charge in [0.2, 0.25) is 0 Å². The van der Waals surface area contributed by atoms with Crippen LogP contribution in [0, 0.1) is 0 Å². The van der Waals surface area contributed by atoms with E-state index in [2.05, 4.69) is 31.1 Å². The molecule has 0 rings (SSSR count). The van der Waals surface area contributed by atoms with Gasteiger partial charge in [-0.1, -0.05) is 11.6 Å². The number of nitrogens with one attached hydrogen (secondary N) is 1. The van der Waals surface area contributed by atoms with Gasteiger partial charge in [-0.3, -0.25) is 0 Å². The van der Waals surface area contributed by atoms with E-state index >= 15 is 0 Å². The molecule has 70 valence electrons. The predicted octanol–water partition coefficient (Wildman–Crippen LogP) is 3.31. The second-order valence-corrected chi connectivity index (χ2v) is 3.05. The Morgan fingerprint density at radius 1 is 1.58 bits per heavy atom. The van der Waals surface area contributed by atoms with Crippen molar-refractivity contribution < 1.29 is 0 Å². The molecular weight excluding hydrogens is 190 g/mol. The van der Waals surface area contributed by atoms with Crippen molar-refractivity contribution in [1.82, 2.24) is 5.32 Å². The van der Waals surface area contributed by atoms with Crippen LogP contribution in [-0.2, 0) is 0 Å². The van der Waals surface area contributed by atoms with Crippen LogP contribution in [0.15, 0.2) is 36.5 Å². The van der Waals surface area contributed by atoms with Crippen LogP contribution >= 0.6 is 24.2 Å². The van der Waals surface area contributed by atoms with Crippen molar-refractivity contribution in [3.05, 3.63) is 36.5 Å². The molecule has 0 amide bonds. The summed E-state index contributed by atoms with van der Waals surface area (Å²) in [5.74, 6) is 0. The van der Waals surface area contributed by atoms with Gasteiger partial charge in [-0.25, -0.2) is 0 Å². The first-order chi connectivity index (χ1) is 5.66. The van der Waals surface area contributed by atoms with Crippen molar-refractivity contribution >= 4 is 24.2 Å². The molecule has 0 radical (unpaired) electrons. The third-order valence-corrected chi connectivity index (χ3v) is 1.15. The van der Waals surface area contributed by atoms with Crippen LogP contribution < -0.4 is 5.32 Å². The second-order valence-electron chi connectivity index (χ2n) is 2.02. The van der Waals surface area contributed by atoms with Gasteiger partial charge in [0.1, 0.15) is 0 Å².